The van der Waals surface area contributed by atoms with Crippen molar-refractivity contribution in [3.63, 3.8) is 0 Å². The number of hydrogen-bond donors (Lipinski definition) is 3. The summed E-state index contributed by atoms with van der Waals surface area (Å²) in [5, 5.41) is 5.15. The van der Waals surface area contributed by atoms with Gasteiger partial charge in [-0.3, -0.25) is 9.59 Å². The van der Waals surface area contributed by atoms with Crippen molar-refractivity contribution in [2.45, 2.75) is 31.7 Å². The third-order valence-electron chi connectivity index (χ3n) is 5.30. The SMILES string of the molecule is NCC(NC(=O)c1cc2c([nH]c1=O)CCCC2)c1ccc2ccccc2c1. The maximum absolute atomic E-state index is 12.8. The lowest BCUT2D eigenvalue weighted by molar-refractivity contribution is 0.0936. The third-order valence-corrected chi connectivity index (χ3v) is 5.30. The molecule has 0 radical (unpaired) electrons. The highest BCUT2D eigenvalue weighted by molar-refractivity contribution is 5.94. The van der Waals surface area contributed by atoms with Gasteiger partial charge in [0.25, 0.3) is 11.5 Å². The number of amides is 1. The molecule has 1 aliphatic rings. The van der Waals surface area contributed by atoms with E-state index in [0.717, 1.165) is 53.3 Å². The van der Waals surface area contributed by atoms with Crippen LogP contribution in [-0.4, -0.2) is 17.4 Å². The van der Waals surface area contributed by atoms with Gasteiger partial charge in [-0.15, -0.1) is 0 Å². The summed E-state index contributed by atoms with van der Waals surface area (Å²) in [7, 11) is 0. The molecule has 0 aliphatic heterocycles. The van der Waals surface area contributed by atoms with Crippen LogP contribution in [0.15, 0.2) is 53.3 Å². The largest absolute Gasteiger partial charge is 0.344 e. The smallest absolute Gasteiger partial charge is 0.261 e. The second-order valence-electron chi connectivity index (χ2n) is 7.09. The first-order valence-corrected chi connectivity index (χ1v) is 9.40. The zero-order chi connectivity index (χ0) is 18.8. The zero-order valence-electron chi connectivity index (χ0n) is 15.1. The van der Waals surface area contributed by atoms with Gasteiger partial charge in [0.05, 0.1) is 6.04 Å². The van der Waals surface area contributed by atoms with Gasteiger partial charge in [-0.25, -0.2) is 0 Å². The molecule has 138 valence electrons. The fraction of sp³-hybridized carbons (Fsp3) is 0.273. The maximum Gasteiger partial charge on any atom is 0.261 e. The number of carbonyl (C=O) groups is 1. The topological polar surface area (TPSA) is 88.0 Å². The second-order valence-corrected chi connectivity index (χ2v) is 7.09. The molecule has 1 heterocycles. The minimum absolute atomic E-state index is 0.162. The number of nitrogens with one attached hydrogen (secondary N) is 2. The number of fused-ring (bicyclic) bond motifs is 2. The van der Waals surface area contributed by atoms with Crippen molar-refractivity contribution in [2.75, 3.05) is 6.54 Å². The summed E-state index contributed by atoms with van der Waals surface area (Å²) in [6.07, 6.45) is 3.93. The predicted molar refractivity (Wildman–Crippen MR) is 107 cm³/mol. The van der Waals surface area contributed by atoms with Gasteiger partial charge in [-0.05, 0) is 59.7 Å². The first kappa shape index (κ1) is 17.5. The lowest BCUT2D eigenvalue weighted by Crippen LogP contribution is -2.36. The van der Waals surface area contributed by atoms with Crippen molar-refractivity contribution >= 4 is 16.7 Å². The van der Waals surface area contributed by atoms with E-state index in [0.29, 0.717) is 0 Å². The molecule has 1 unspecified atom stereocenters. The van der Waals surface area contributed by atoms with Crippen LogP contribution in [0.3, 0.4) is 0 Å². The van der Waals surface area contributed by atoms with Gasteiger partial charge in [-0.2, -0.15) is 0 Å². The highest BCUT2D eigenvalue weighted by Gasteiger charge is 2.20. The van der Waals surface area contributed by atoms with Gasteiger partial charge in [0.15, 0.2) is 0 Å². The molecule has 0 saturated carbocycles. The van der Waals surface area contributed by atoms with Crippen LogP contribution in [0.4, 0.5) is 0 Å². The van der Waals surface area contributed by atoms with Crippen LogP contribution in [0.25, 0.3) is 10.8 Å². The number of aromatic amines is 1. The number of carbonyl (C=O) groups excluding carboxylic acids is 1. The summed E-state index contributed by atoms with van der Waals surface area (Å²) in [6, 6.07) is 15.5. The van der Waals surface area contributed by atoms with E-state index in [1.807, 2.05) is 42.5 Å². The molecule has 27 heavy (non-hydrogen) atoms. The van der Waals surface area contributed by atoms with Crippen LogP contribution in [-0.2, 0) is 12.8 Å². The van der Waals surface area contributed by atoms with Gasteiger partial charge < -0.3 is 16.0 Å². The monoisotopic (exact) mass is 361 g/mol. The molecule has 3 aromatic rings. The van der Waals surface area contributed by atoms with E-state index >= 15 is 0 Å². The summed E-state index contributed by atoms with van der Waals surface area (Å²) < 4.78 is 0. The lowest BCUT2D eigenvalue weighted by atomic mass is 9.95. The fourth-order valence-electron chi connectivity index (χ4n) is 3.78. The van der Waals surface area contributed by atoms with Crippen molar-refractivity contribution in [1.29, 1.82) is 0 Å². The molecule has 2 aromatic carbocycles. The molecule has 1 aliphatic carbocycles. The van der Waals surface area contributed by atoms with Gasteiger partial charge in [0.2, 0.25) is 0 Å². The number of aromatic nitrogens is 1. The summed E-state index contributed by atoms with van der Waals surface area (Å²) in [5.74, 6) is -0.381. The number of H-pyrrole nitrogens is 1. The molecule has 5 heteroatoms. The second kappa shape index (κ2) is 7.37. The minimum atomic E-state index is -0.381. The van der Waals surface area contributed by atoms with E-state index < -0.39 is 0 Å². The Morgan fingerprint density at radius 2 is 1.85 bits per heavy atom. The molecular weight excluding hydrogens is 338 g/mol. The molecule has 0 bridgehead atoms. The van der Waals surface area contributed by atoms with Crippen molar-refractivity contribution in [3.8, 4) is 0 Å². The average molecular weight is 361 g/mol. The Hall–Kier alpha value is -2.92. The molecule has 0 fully saturated rings. The maximum atomic E-state index is 12.8. The van der Waals surface area contributed by atoms with Crippen molar-refractivity contribution in [2.24, 2.45) is 5.73 Å². The highest BCUT2D eigenvalue weighted by atomic mass is 16.2. The van der Waals surface area contributed by atoms with E-state index in [1.54, 1.807) is 6.07 Å². The van der Waals surface area contributed by atoms with Gasteiger partial charge in [0.1, 0.15) is 5.56 Å². The van der Waals surface area contributed by atoms with Crippen LogP contribution in [0.2, 0.25) is 0 Å². The van der Waals surface area contributed by atoms with Crippen molar-refractivity contribution < 1.29 is 4.79 Å². The fourth-order valence-corrected chi connectivity index (χ4v) is 3.78. The van der Waals surface area contributed by atoms with Crippen molar-refractivity contribution in [3.05, 3.63) is 81.3 Å². The summed E-state index contributed by atoms with van der Waals surface area (Å²) >= 11 is 0. The number of rotatable bonds is 4. The van der Waals surface area contributed by atoms with Crippen LogP contribution >= 0.6 is 0 Å². The molecule has 1 atom stereocenters. The number of hydrogen-bond acceptors (Lipinski definition) is 3. The summed E-state index contributed by atoms with van der Waals surface area (Å²) in [5.41, 5.74) is 8.72. The number of benzene rings is 2. The Kier molecular flexibility index (Phi) is 4.77. The zero-order valence-corrected chi connectivity index (χ0v) is 15.1. The van der Waals surface area contributed by atoms with E-state index in [2.05, 4.69) is 10.3 Å². The Bertz CT molecular complexity index is 1050. The van der Waals surface area contributed by atoms with Crippen LogP contribution in [0.1, 0.15) is 46.1 Å². The van der Waals surface area contributed by atoms with E-state index in [1.165, 1.54) is 0 Å². The quantitative estimate of drug-likeness (QED) is 0.668. The first-order valence-electron chi connectivity index (χ1n) is 9.40. The molecule has 5 nitrogen and oxygen atoms in total. The molecule has 0 spiro atoms. The van der Waals surface area contributed by atoms with Crippen molar-refractivity contribution in [1.82, 2.24) is 10.3 Å². The molecule has 4 rings (SSSR count). The standard InChI is InChI=1S/C22H23N3O2/c23-13-20(17-10-9-14-5-1-2-6-15(14)11-17)25-22(27)18-12-16-7-3-4-8-19(16)24-21(18)26/h1-2,5-6,9-12,20H,3-4,7-8,13,23H2,(H,24,26)(H,25,27). The number of aryl methyl sites for hydroxylation is 2. The third kappa shape index (κ3) is 3.51. The molecule has 1 amide bonds. The summed E-state index contributed by atoms with van der Waals surface area (Å²) in [6.45, 7) is 0.257. The Morgan fingerprint density at radius 3 is 2.67 bits per heavy atom. The number of pyridine rings is 1. The average Bonchev–Trinajstić information content (AvgIpc) is 2.71. The van der Waals surface area contributed by atoms with Crippen LogP contribution in [0, 0.1) is 0 Å². The summed E-state index contributed by atoms with van der Waals surface area (Å²) in [4.78, 5) is 28.0. The van der Waals surface area contributed by atoms with E-state index in [-0.39, 0.29) is 29.6 Å². The minimum Gasteiger partial charge on any atom is -0.344 e. The van der Waals surface area contributed by atoms with Gasteiger partial charge in [-0.1, -0.05) is 36.4 Å². The Labute approximate surface area is 157 Å². The number of nitrogens with two attached hydrogens (primary N) is 1. The predicted octanol–water partition coefficient (Wildman–Crippen LogP) is 2.84. The van der Waals surface area contributed by atoms with Crippen LogP contribution in [0.5, 0.6) is 0 Å². The van der Waals surface area contributed by atoms with Crippen LogP contribution < -0.4 is 16.6 Å². The van der Waals surface area contributed by atoms with E-state index in [9.17, 15) is 9.59 Å². The van der Waals surface area contributed by atoms with Gasteiger partial charge in [0, 0.05) is 12.2 Å². The molecule has 1 aromatic heterocycles. The molecular formula is C22H23N3O2. The molecule has 0 saturated heterocycles. The Balaban J connectivity index is 1.61. The van der Waals surface area contributed by atoms with Gasteiger partial charge >= 0.3 is 0 Å². The highest BCUT2D eigenvalue weighted by Crippen LogP contribution is 2.21. The first-order chi connectivity index (χ1) is 13.2. The Morgan fingerprint density at radius 1 is 1.07 bits per heavy atom. The normalized spacial score (nSPS) is 14.6. The lowest BCUT2D eigenvalue weighted by Gasteiger charge is -2.19. The van der Waals surface area contributed by atoms with E-state index in [4.69, 9.17) is 5.73 Å². The molecule has 4 N–H and O–H groups in total.